The highest BCUT2D eigenvalue weighted by atomic mass is 15.3. The van der Waals surface area contributed by atoms with Crippen LogP contribution < -0.4 is 10.2 Å². The van der Waals surface area contributed by atoms with Gasteiger partial charge in [0.1, 0.15) is 5.65 Å². The van der Waals surface area contributed by atoms with Crippen LogP contribution in [0, 0.1) is 5.92 Å². The topological polar surface area (TPSA) is 69.2 Å². The van der Waals surface area contributed by atoms with E-state index in [0.29, 0.717) is 11.8 Å². The van der Waals surface area contributed by atoms with E-state index in [1.54, 1.807) is 5.57 Å². The summed E-state index contributed by atoms with van der Waals surface area (Å²) >= 11 is 0. The molecule has 4 heterocycles. The molecule has 28 heavy (non-hydrogen) atoms. The van der Waals surface area contributed by atoms with Crippen LogP contribution in [0.4, 0.5) is 5.95 Å². The molecular formula is C22H30N6. The minimum Gasteiger partial charge on any atom is -0.346 e. The van der Waals surface area contributed by atoms with Gasteiger partial charge >= 0.3 is 0 Å². The number of aromatic amines is 1. The highest BCUT2D eigenvalue weighted by Gasteiger charge is 2.30. The molecule has 1 saturated heterocycles. The zero-order valence-electron chi connectivity index (χ0n) is 17.0. The van der Waals surface area contributed by atoms with Crippen molar-refractivity contribution >= 4 is 22.7 Å². The number of piperazine rings is 1. The van der Waals surface area contributed by atoms with Gasteiger partial charge in [-0.2, -0.15) is 4.98 Å². The number of aliphatic imine (C=N–C) groups is 1. The maximum absolute atomic E-state index is 4.84. The highest BCUT2D eigenvalue weighted by Crippen LogP contribution is 2.43. The Morgan fingerprint density at radius 3 is 2.71 bits per heavy atom. The fraction of sp³-hybridized carbons (Fsp3) is 0.591. The quantitative estimate of drug-likeness (QED) is 0.858. The molecule has 6 heteroatoms. The van der Waals surface area contributed by atoms with Crippen molar-refractivity contribution in [1.29, 1.82) is 0 Å². The molecule has 148 valence electrons. The van der Waals surface area contributed by atoms with Gasteiger partial charge in [0.15, 0.2) is 0 Å². The van der Waals surface area contributed by atoms with Gasteiger partial charge in [0.2, 0.25) is 5.95 Å². The molecule has 2 fully saturated rings. The molecule has 2 aromatic rings. The minimum atomic E-state index is 0.579. The number of fused-ring (bicyclic) bond motifs is 1. The third-order valence-electron chi connectivity index (χ3n) is 6.78. The van der Waals surface area contributed by atoms with Crippen molar-refractivity contribution in [3.63, 3.8) is 0 Å². The number of anilines is 1. The molecular weight excluding hydrogens is 348 g/mol. The molecule has 5 rings (SSSR count). The first kappa shape index (κ1) is 17.9. The van der Waals surface area contributed by atoms with Gasteiger partial charge in [-0.05, 0) is 61.7 Å². The first-order chi connectivity index (χ1) is 13.7. The van der Waals surface area contributed by atoms with Gasteiger partial charge in [0, 0.05) is 49.7 Å². The number of aromatic nitrogens is 3. The normalized spacial score (nSPS) is 26.2. The smallest absolute Gasteiger partial charge is 0.227 e. The molecule has 0 aromatic carbocycles. The molecule has 0 radical (unpaired) electrons. The van der Waals surface area contributed by atoms with Crippen LogP contribution in [-0.2, 0) is 0 Å². The van der Waals surface area contributed by atoms with E-state index in [1.165, 1.54) is 47.9 Å². The monoisotopic (exact) mass is 378 g/mol. The van der Waals surface area contributed by atoms with E-state index in [4.69, 9.17) is 9.97 Å². The Bertz CT molecular complexity index is 934. The number of nitrogens with one attached hydrogen (secondary N) is 2. The second-order valence-electron chi connectivity index (χ2n) is 8.57. The summed E-state index contributed by atoms with van der Waals surface area (Å²) in [7, 11) is 0. The minimum absolute atomic E-state index is 0.579. The van der Waals surface area contributed by atoms with Gasteiger partial charge in [-0.25, -0.2) is 4.98 Å². The third kappa shape index (κ3) is 3.13. The molecule has 3 aliphatic rings. The van der Waals surface area contributed by atoms with Crippen LogP contribution in [-0.4, -0.2) is 53.4 Å². The number of rotatable bonds is 3. The fourth-order valence-electron chi connectivity index (χ4n) is 5.37. The Kier molecular flexibility index (Phi) is 4.67. The molecule has 0 amide bonds. The van der Waals surface area contributed by atoms with E-state index in [2.05, 4.69) is 40.2 Å². The summed E-state index contributed by atoms with van der Waals surface area (Å²) in [5, 5.41) is 4.59. The molecule has 0 spiro atoms. The maximum Gasteiger partial charge on any atom is 0.227 e. The summed E-state index contributed by atoms with van der Waals surface area (Å²) in [5.74, 6) is 2.08. The third-order valence-corrected chi connectivity index (χ3v) is 6.78. The van der Waals surface area contributed by atoms with Gasteiger partial charge in [-0.15, -0.1) is 0 Å². The zero-order chi connectivity index (χ0) is 19.1. The largest absolute Gasteiger partial charge is 0.346 e. The summed E-state index contributed by atoms with van der Waals surface area (Å²) < 4.78 is 0. The predicted molar refractivity (Wildman–Crippen MR) is 114 cm³/mol. The standard InChI is InChI=1S/C22H30N6/c1-14-11-24-15(2)20(14)17-5-3-4-16(10-17)18-12-25-21-19(18)13-26-22(27-21)28-8-6-23-7-9-28/h12-13,16-17,23H,3-11H2,1-2H3,(H,25,26,27). The SMILES string of the molecule is CC1=NCC(C)=C1C1CCCC(c2c[nH]c3nc(N4CCNCC4)ncc23)C1. The van der Waals surface area contributed by atoms with Gasteiger partial charge in [0.05, 0.1) is 6.54 Å². The summed E-state index contributed by atoms with van der Waals surface area (Å²) in [6.07, 6.45) is 9.28. The number of hydrogen-bond acceptors (Lipinski definition) is 5. The zero-order valence-corrected chi connectivity index (χ0v) is 17.0. The van der Waals surface area contributed by atoms with E-state index in [0.717, 1.165) is 44.3 Å². The number of allylic oxidation sites excluding steroid dienone is 1. The van der Waals surface area contributed by atoms with Crippen LogP contribution in [0.25, 0.3) is 11.0 Å². The molecule has 1 aliphatic carbocycles. The summed E-state index contributed by atoms with van der Waals surface area (Å²) in [6.45, 7) is 9.29. The van der Waals surface area contributed by atoms with Crippen molar-refractivity contribution in [3.05, 3.63) is 29.1 Å². The molecule has 2 aromatic heterocycles. The number of nitrogens with zero attached hydrogens (tertiary/aromatic N) is 4. The van der Waals surface area contributed by atoms with E-state index in [-0.39, 0.29) is 0 Å². The second-order valence-corrected chi connectivity index (χ2v) is 8.57. The lowest BCUT2D eigenvalue weighted by Crippen LogP contribution is -2.44. The van der Waals surface area contributed by atoms with Crippen molar-refractivity contribution in [3.8, 4) is 0 Å². The summed E-state index contributed by atoms with van der Waals surface area (Å²) in [5.41, 5.74) is 6.67. The van der Waals surface area contributed by atoms with Crippen molar-refractivity contribution in [1.82, 2.24) is 20.3 Å². The van der Waals surface area contributed by atoms with Crippen LogP contribution in [0.15, 0.2) is 28.5 Å². The van der Waals surface area contributed by atoms with Crippen molar-refractivity contribution < 1.29 is 0 Å². The van der Waals surface area contributed by atoms with Gasteiger partial charge < -0.3 is 15.2 Å². The van der Waals surface area contributed by atoms with E-state index in [1.807, 2.05) is 6.20 Å². The molecule has 2 aliphatic heterocycles. The van der Waals surface area contributed by atoms with Crippen molar-refractivity contribution in [2.75, 3.05) is 37.6 Å². The predicted octanol–water partition coefficient (Wildman–Crippen LogP) is 3.43. The number of H-pyrrole nitrogens is 1. The molecule has 2 atom stereocenters. The summed E-state index contributed by atoms with van der Waals surface area (Å²) in [4.78, 5) is 19.9. The van der Waals surface area contributed by atoms with Gasteiger partial charge in [-0.1, -0.05) is 6.42 Å². The van der Waals surface area contributed by atoms with Crippen LogP contribution >= 0.6 is 0 Å². The van der Waals surface area contributed by atoms with Gasteiger partial charge in [-0.3, -0.25) is 4.99 Å². The van der Waals surface area contributed by atoms with Gasteiger partial charge in [0.25, 0.3) is 0 Å². The number of hydrogen-bond donors (Lipinski definition) is 2. The van der Waals surface area contributed by atoms with Crippen LogP contribution in [0.2, 0.25) is 0 Å². The highest BCUT2D eigenvalue weighted by molar-refractivity contribution is 6.01. The molecule has 0 bridgehead atoms. The lowest BCUT2D eigenvalue weighted by molar-refractivity contribution is 0.366. The second kappa shape index (κ2) is 7.32. The van der Waals surface area contributed by atoms with E-state index in [9.17, 15) is 0 Å². The first-order valence-corrected chi connectivity index (χ1v) is 10.7. The summed E-state index contributed by atoms with van der Waals surface area (Å²) in [6, 6.07) is 0. The van der Waals surface area contributed by atoms with Crippen LogP contribution in [0.5, 0.6) is 0 Å². The lowest BCUT2D eigenvalue weighted by Gasteiger charge is -2.31. The molecule has 6 nitrogen and oxygen atoms in total. The maximum atomic E-state index is 4.84. The molecule has 2 unspecified atom stereocenters. The Labute approximate surface area is 166 Å². The van der Waals surface area contributed by atoms with Crippen molar-refractivity contribution in [2.45, 2.75) is 45.4 Å². The van der Waals surface area contributed by atoms with E-state index < -0.39 is 0 Å². The Morgan fingerprint density at radius 2 is 1.93 bits per heavy atom. The Balaban J connectivity index is 1.40. The van der Waals surface area contributed by atoms with E-state index >= 15 is 0 Å². The Morgan fingerprint density at radius 1 is 1.11 bits per heavy atom. The average molecular weight is 379 g/mol. The first-order valence-electron chi connectivity index (χ1n) is 10.7. The van der Waals surface area contributed by atoms with Crippen LogP contribution in [0.1, 0.15) is 51.0 Å². The molecule has 2 N–H and O–H groups in total. The fourth-order valence-corrected chi connectivity index (χ4v) is 5.37. The average Bonchev–Trinajstić information content (AvgIpc) is 3.31. The van der Waals surface area contributed by atoms with Crippen molar-refractivity contribution in [2.24, 2.45) is 10.9 Å². The van der Waals surface area contributed by atoms with Crippen LogP contribution in [0.3, 0.4) is 0 Å². The Hall–Kier alpha value is -2.21. The molecule has 1 saturated carbocycles. The lowest BCUT2D eigenvalue weighted by atomic mass is 9.73.